The van der Waals surface area contributed by atoms with E-state index in [1.807, 2.05) is 37.1 Å². The lowest BCUT2D eigenvalue weighted by Crippen LogP contribution is -2.52. The van der Waals surface area contributed by atoms with Gasteiger partial charge in [0.1, 0.15) is 6.04 Å². The van der Waals surface area contributed by atoms with E-state index in [1.54, 1.807) is 11.8 Å². The Morgan fingerprint density at radius 3 is 2.58 bits per heavy atom. The first kappa shape index (κ1) is 26.8. The molecule has 0 spiro atoms. The highest BCUT2D eigenvalue weighted by Crippen LogP contribution is 2.43. The third-order valence-electron chi connectivity index (χ3n) is 7.68. The van der Waals surface area contributed by atoms with E-state index in [-0.39, 0.29) is 17.9 Å². The minimum absolute atomic E-state index is 0.0271. The van der Waals surface area contributed by atoms with E-state index >= 15 is 0 Å². The first-order valence-electron chi connectivity index (χ1n) is 13.7. The van der Waals surface area contributed by atoms with Crippen LogP contribution in [-0.2, 0) is 27.9 Å². The lowest BCUT2D eigenvalue weighted by Gasteiger charge is -2.41. The molecule has 38 heavy (non-hydrogen) atoms. The van der Waals surface area contributed by atoms with Gasteiger partial charge in [-0.2, -0.15) is 0 Å². The zero-order valence-corrected chi connectivity index (χ0v) is 23.2. The third kappa shape index (κ3) is 5.63. The number of amides is 2. The number of carbonyl (C=O) groups is 2. The lowest BCUT2D eigenvalue weighted by atomic mass is 9.96. The highest BCUT2D eigenvalue weighted by molar-refractivity contribution is 8.00. The Morgan fingerprint density at radius 1 is 1.08 bits per heavy atom. The number of fused-ring (bicyclic) bond motifs is 3. The number of ether oxygens (including phenoxy) is 1. The van der Waals surface area contributed by atoms with Crippen LogP contribution in [0, 0.1) is 0 Å². The van der Waals surface area contributed by atoms with Gasteiger partial charge in [-0.25, -0.2) is 0 Å². The van der Waals surface area contributed by atoms with Crippen molar-refractivity contribution >= 4 is 34.5 Å². The Bertz CT molecular complexity index is 1250. The SMILES string of the molecule is CCOCCCNC(=O)C1c2c(n(C)c3ccccc23)SCC(=O)N1C1CCN(Cc2ccccc2)CC1. The average molecular weight is 535 g/mol. The monoisotopic (exact) mass is 534 g/mol. The van der Waals surface area contributed by atoms with E-state index in [4.69, 9.17) is 4.74 Å². The van der Waals surface area contributed by atoms with Crippen molar-refractivity contribution < 1.29 is 14.3 Å². The minimum atomic E-state index is -0.642. The first-order chi connectivity index (χ1) is 18.6. The predicted octanol–water partition coefficient (Wildman–Crippen LogP) is 4.36. The van der Waals surface area contributed by atoms with Crippen LogP contribution in [0.25, 0.3) is 10.9 Å². The molecule has 0 saturated carbocycles. The summed E-state index contributed by atoms with van der Waals surface area (Å²) in [6.07, 6.45) is 2.46. The van der Waals surface area contributed by atoms with Crippen molar-refractivity contribution in [3.05, 3.63) is 65.7 Å². The molecule has 1 fully saturated rings. The number of nitrogens with zero attached hydrogens (tertiary/aromatic N) is 3. The highest BCUT2D eigenvalue weighted by Gasteiger charge is 2.42. The van der Waals surface area contributed by atoms with E-state index in [1.165, 1.54) is 5.56 Å². The summed E-state index contributed by atoms with van der Waals surface area (Å²) in [6, 6.07) is 18.1. The quantitative estimate of drug-likeness (QED) is 0.413. The molecule has 1 N–H and O–H groups in total. The van der Waals surface area contributed by atoms with Crippen molar-refractivity contribution in [2.45, 2.75) is 49.8 Å². The zero-order chi connectivity index (χ0) is 26.5. The predicted molar refractivity (Wildman–Crippen MR) is 152 cm³/mol. The first-order valence-corrected chi connectivity index (χ1v) is 14.7. The molecule has 0 aliphatic carbocycles. The van der Waals surface area contributed by atoms with Gasteiger partial charge in [-0.15, -0.1) is 0 Å². The van der Waals surface area contributed by atoms with Crippen molar-refractivity contribution in [1.29, 1.82) is 0 Å². The average Bonchev–Trinajstić information content (AvgIpc) is 3.11. The Kier molecular flexibility index (Phi) is 8.72. The molecule has 1 saturated heterocycles. The van der Waals surface area contributed by atoms with Gasteiger partial charge in [0, 0.05) is 68.9 Å². The molecule has 5 rings (SSSR count). The summed E-state index contributed by atoms with van der Waals surface area (Å²) in [5.41, 5.74) is 3.36. The number of para-hydroxylation sites is 1. The number of hydrogen-bond donors (Lipinski definition) is 1. The van der Waals surface area contributed by atoms with E-state index in [0.717, 1.165) is 60.4 Å². The normalized spacial score (nSPS) is 18.9. The molecule has 3 heterocycles. The number of benzene rings is 2. The largest absolute Gasteiger partial charge is 0.382 e. The molecule has 1 aromatic heterocycles. The maximum atomic E-state index is 13.9. The number of aromatic nitrogens is 1. The fourth-order valence-corrected chi connectivity index (χ4v) is 6.90. The molecule has 0 bridgehead atoms. The van der Waals surface area contributed by atoms with E-state index in [2.05, 4.69) is 51.2 Å². The molecule has 3 aromatic rings. The molecule has 2 amide bonds. The number of thioether (sulfide) groups is 1. The number of aryl methyl sites for hydroxylation is 1. The molecule has 8 heteroatoms. The summed E-state index contributed by atoms with van der Waals surface area (Å²) < 4.78 is 7.60. The summed E-state index contributed by atoms with van der Waals surface area (Å²) in [5.74, 6) is 0.295. The van der Waals surface area contributed by atoms with Crippen molar-refractivity contribution in [3.63, 3.8) is 0 Å². The molecule has 7 nitrogen and oxygen atoms in total. The molecule has 2 aromatic carbocycles. The summed E-state index contributed by atoms with van der Waals surface area (Å²) in [4.78, 5) is 32.0. The third-order valence-corrected chi connectivity index (χ3v) is 8.84. The van der Waals surface area contributed by atoms with Crippen molar-refractivity contribution in [1.82, 2.24) is 19.7 Å². The van der Waals surface area contributed by atoms with Crippen LogP contribution in [0.15, 0.2) is 59.6 Å². The highest BCUT2D eigenvalue weighted by atomic mass is 32.2. The van der Waals surface area contributed by atoms with Gasteiger partial charge in [-0.3, -0.25) is 14.5 Å². The number of piperidine rings is 1. The molecule has 0 radical (unpaired) electrons. The summed E-state index contributed by atoms with van der Waals surface area (Å²) in [5, 5.41) is 5.20. The van der Waals surface area contributed by atoms with Gasteiger partial charge in [-0.05, 0) is 37.8 Å². The zero-order valence-electron chi connectivity index (χ0n) is 22.4. The summed E-state index contributed by atoms with van der Waals surface area (Å²) in [7, 11) is 2.04. The maximum Gasteiger partial charge on any atom is 0.247 e. The smallest absolute Gasteiger partial charge is 0.247 e. The number of carbonyl (C=O) groups excluding carboxylic acids is 2. The Hall–Kier alpha value is -2.81. The second-order valence-electron chi connectivity index (χ2n) is 10.1. The number of likely N-dealkylation sites (tertiary alicyclic amines) is 1. The summed E-state index contributed by atoms with van der Waals surface area (Å²) in [6.45, 7) is 6.49. The van der Waals surface area contributed by atoms with Crippen molar-refractivity contribution in [2.75, 3.05) is 38.6 Å². The molecular formula is C30H38N4O3S. The molecule has 202 valence electrons. The van der Waals surface area contributed by atoms with Crippen LogP contribution in [0.5, 0.6) is 0 Å². The van der Waals surface area contributed by atoms with Crippen molar-refractivity contribution in [2.24, 2.45) is 7.05 Å². The van der Waals surface area contributed by atoms with Gasteiger partial charge >= 0.3 is 0 Å². The molecular weight excluding hydrogens is 496 g/mol. The molecule has 2 aliphatic heterocycles. The summed E-state index contributed by atoms with van der Waals surface area (Å²) >= 11 is 1.56. The van der Waals surface area contributed by atoms with Crippen LogP contribution < -0.4 is 5.32 Å². The standard InChI is InChI=1S/C30H38N4O3S/c1-3-37-19-9-16-31-29(36)28-27-24-12-7-8-13-25(24)32(2)30(27)38-21-26(35)34(28)23-14-17-33(18-15-23)20-22-10-5-4-6-11-22/h4-8,10-13,23,28H,3,9,14-21H2,1-2H3,(H,31,36). The van der Waals surface area contributed by atoms with Gasteiger partial charge in [0.15, 0.2) is 0 Å². The van der Waals surface area contributed by atoms with Crippen LogP contribution in [0.4, 0.5) is 0 Å². The van der Waals surface area contributed by atoms with Crippen LogP contribution in [0.1, 0.15) is 43.4 Å². The van der Waals surface area contributed by atoms with Crippen LogP contribution >= 0.6 is 11.8 Å². The topological polar surface area (TPSA) is 66.8 Å². The maximum absolute atomic E-state index is 13.9. The van der Waals surface area contributed by atoms with Crippen LogP contribution in [0.3, 0.4) is 0 Å². The number of nitrogens with one attached hydrogen (secondary N) is 1. The number of rotatable bonds is 9. The Balaban J connectivity index is 1.42. The van der Waals surface area contributed by atoms with Gasteiger partial charge in [0.2, 0.25) is 11.8 Å². The van der Waals surface area contributed by atoms with Crippen LogP contribution in [0.2, 0.25) is 0 Å². The van der Waals surface area contributed by atoms with E-state index in [0.29, 0.717) is 25.5 Å². The van der Waals surface area contributed by atoms with E-state index in [9.17, 15) is 9.59 Å². The van der Waals surface area contributed by atoms with Gasteiger partial charge in [-0.1, -0.05) is 60.3 Å². The molecule has 2 aliphatic rings. The second kappa shape index (κ2) is 12.4. The van der Waals surface area contributed by atoms with Gasteiger partial charge in [0.05, 0.1) is 10.8 Å². The van der Waals surface area contributed by atoms with Gasteiger partial charge < -0.3 is 19.5 Å². The van der Waals surface area contributed by atoms with Crippen molar-refractivity contribution in [3.8, 4) is 0 Å². The van der Waals surface area contributed by atoms with Gasteiger partial charge in [0.25, 0.3) is 0 Å². The second-order valence-corrected chi connectivity index (χ2v) is 11.1. The Morgan fingerprint density at radius 2 is 1.82 bits per heavy atom. The fraction of sp³-hybridized carbons (Fsp3) is 0.467. The minimum Gasteiger partial charge on any atom is -0.382 e. The fourth-order valence-electron chi connectivity index (χ4n) is 5.82. The number of hydrogen-bond acceptors (Lipinski definition) is 5. The molecule has 1 unspecified atom stereocenters. The Labute approximate surface area is 229 Å². The molecule has 1 atom stereocenters. The van der Waals surface area contributed by atoms with Crippen LogP contribution in [-0.4, -0.2) is 70.8 Å². The lowest BCUT2D eigenvalue weighted by molar-refractivity contribution is -0.142. The van der Waals surface area contributed by atoms with E-state index < -0.39 is 6.04 Å².